The van der Waals surface area contributed by atoms with Crippen LogP contribution in [0.15, 0.2) is 30.3 Å². The summed E-state index contributed by atoms with van der Waals surface area (Å²) in [5.74, 6) is 0. The SMILES string of the molecule is OC[C@H]1O[C@@H](c2cc3ccccc3s2)[C@H](O)[C@@H]1O. The Morgan fingerprint density at radius 2 is 1.94 bits per heavy atom. The Kier molecular flexibility index (Phi) is 3.09. The summed E-state index contributed by atoms with van der Waals surface area (Å²) < 4.78 is 6.63. The van der Waals surface area contributed by atoms with Crippen LogP contribution in [0.2, 0.25) is 0 Å². The van der Waals surface area contributed by atoms with Crippen molar-refractivity contribution in [3.05, 3.63) is 35.2 Å². The molecule has 96 valence electrons. The van der Waals surface area contributed by atoms with Crippen molar-refractivity contribution in [2.45, 2.75) is 24.4 Å². The van der Waals surface area contributed by atoms with E-state index in [1.807, 2.05) is 30.3 Å². The van der Waals surface area contributed by atoms with Crippen molar-refractivity contribution in [2.75, 3.05) is 6.61 Å². The maximum absolute atomic E-state index is 9.96. The summed E-state index contributed by atoms with van der Waals surface area (Å²) >= 11 is 1.54. The molecule has 1 aromatic carbocycles. The van der Waals surface area contributed by atoms with Gasteiger partial charge in [-0.15, -0.1) is 11.3 Å². The number of fused-ring (bicyclic) bond motifs is 1. The van der Waals surface area contributed by atoms with Crippen LogP contribution in [-0.4, -0.2) is 40.2 Å². The van der Waals surface area contributed by atoms with E-state index in [1.54, 1.807) is 0 Å². The van der Waals surface area contributed by atoms with Crippen LogP contribution in [0.25, 0.3) is 10.1 Å². The maximum Gasteiger partial charge on any atom is 0.121 e. The van der Waals surface area contributed by atoms with Crippen molar-refractivity contribution in [1.82, 2.24) is 0 Å². The van der Waals surface area contributed by atoms with Crippen LogP contribution in [0.4, 0.5) is 0 Å². The minimum Gasteiger partial charge on any atom is -0.394 e. The van der Waals surface area contributed by atoms with Gasteiger partial charge in [-0.3, -0.25) is 0 Å². The summed E-state index contributed by atoms with van der Waals surface area (Å²) in [6, 6.07) is 9.87. The molecule has 0 aliphatic carbocycles. The van der Waals surface area contributed by atoms with E-state index in [2.05, 4.69) is 0 Å². The molecule has 3 N–H and O–H groups in total. The third-order valence-electron chi connectivity index (χ3n) is 3.27. The Bertz CT molecular complexity index is 520. The first-order valence-electron chi connectivity index (χ1n) is 5.81. The fourth-order valence-corrected chi connectivity index (χ4v) is 3.42. The van der Waals surface area contributed by atoms with Crippen molar-refractivity contribution >= 4 is 21.4 Å². The molecule has 3 rings (SSSR count). The highest BCUT2D eigenvalue weighted by molar-refractivity contribution is 7.19. The van der Waals surface area contributed by atoms with Gasteiger partial charge in [-0.25, -0.2) is 0 Å². The van der Waals surface area contributed by atoms with Gasteiger partial charge in [0.25, 0.3) is 0 Å². The zero-order valence-corrected chi connectivity index (χ0v) is 10.4. The Hall–Kier alpha value is -0.980. The van der Waals surface area contributed by atoms with Gasteiger partial charge in [0.1, 0.15) is 24.4 Å². The lowest BCUT2D eigenvalue weighted by molar-refractivity contribution is -0.0217. The number of ether oxygens (including phenoxy) is 1. The lowest BCUT2D eigenvalue weighted by Gasteiger charge is -2.12. The van der Waals surface area contributed by atoms with E-state index in [4.69, 9.17) is 9.84 Å². The van der Waals surface area contributed by atoms with Gasteiger partial charge in [0, 0.05) is 9.58 Å². The van der Waals surface area contributed by atoms with Gasteiger partial charge in [-0.05, 0) is 17.5 Å². The molecule has 4 atom stereocenters. The molecule has 1 saturated heterocycles. The highest BCUT2D eigenvalue weighted by atomic mass is 32.1. The summed E-state index contributed by atoms with van der Waals surface area (Å²) in [4.78, 5) is 0.874. The van der Waals surface area contributed by atoms with E-state index in [0.29, 0.717) is 0 Å². The van der Waals surface area contributed by atoms with E-state index in [9.17, 15) is 10.2 Å². The molecule has 0 unspecified atom stereocenters. The van der Waals surface area contributed by atoms with E-state index in [0.717, 1.165) is 15.0 Å². The number of rotatable bonds is 2. The lowest BCUT2D eigenvalue weighted by Crippen LogP contribution is -2.32. The topological polar surface area (TPSA) is 69.9 Å². The molecular formula is C13H14O4S. The first-order valence-corrected chi connectivity index (χ1v) is 6.63. The van der Waals surface area contributed by atoms with Crippen molar-refractivity contribution in [1.29, 1.82) is 0 Å². The third-order valence-corrected chi connectivity index (χ3v) is 4.44. The van der Waals surface area contributed by atoms with Crippen molar-refractivity contribution in [3.8, 4) is 0 Å². The second-order valence-electron chi connectivity index (χ2n) is 4.45. The Morgan fingerprint density at radius 1 is 1.17 bits per heavy atom. The molecule has 5 heteroatoms. The summed E-state index contributed by atoms with van der Waals surface area (Å²) in [6.07, 6.45) is -3.30. The number of benzene rings is 1. The van der Waals surface area contributed by atoms with Crippen LogP contribution in [0.5, 0.6) is 0 Å². The highest BCUT2D eigenvalue weighted by Gasteiger charge is 2.43. The van der Waals surface area contributed by atoms with Gasteiger partial charge in [0.15, 0.2) is 0 Å². The number of hydrogen-bond donors (Lipinski definition) is 3. The maximum atomic E-state index is 9.96. The fourth-order valence-electron chi connectivity index (χ4n) is 2.28. The largest absolute Gasteiger partial charge is 0.394 e. The third kappa shape index (κ3) is 1.84. The summed E-state index contributed by atoms with van der Waals surface area (Å²) in [6.45, 7) is -0.292. The van der Waals surface area contributed by atoms with Crippen molar-refractivity contribution in [2.24, 2.45) is 0 Å². The zero-order valence-electron chi connectivity index (χ0n) is 9.56. The standard InChI is InChI=1S/C13H14O4S/c14-6-8-11(15)12(16)13(17-8)10-5-7-3-1-2-4-9(7)18-10/h1-5,8,11-16H,6H2/t8-,11-,12-,13+/m1/s1. The predicted molar refractivity (Wildman–Crippen MR) is 68.5 cm³/mol. The predicted octanol–water partition coefficient (Wildman–Crippen LogP) is 1.06. The molecule has 0 radical (unpaired) electrons. The molecule has 1 fully saturated rings. The first-order chi connectivity index (χ1) is 8.70. The zero-order chi connectivity index (χ0) is 12.7. The second-order valence-corrected chi connectivity index (χ2v) is 5.56. The number of aliphatic hydroxyl groups is 3. The van der Waals surface area contributed by atoms with Crippen LogP contribution in [-0.2, 0) is 4.74 Å². The normalized spacial score (nSPS) is 32.2. The molecule has 0 saturated carbocycles. The van der Waals surface area contributed by atoms with Gasteiger partial charge in [0.2, 0.25) is 0 Å². The summed E-state index contributed by atoms with van der Waals surface area (Å²) in [5.41, 5.74) is 0. The van der Waals surface area contributed by atoms with E-state index in [-0.39, 0.29) is 6.61 Å². The molecule has 2 heterocycles. The number of hydrogen-bond acceptors (Lipinski definition) is 5. The quantitative estimate of drug-likeness (QED) is 0.760. The van der Waals surface area contributed by atoms with Gasteiger partial charge >= 0.3 is 0 Å². The molecule has 18 heavy (non-hydrogen) atoms. The minimum atomic E-state index is -1.04. The minimum absolute atomic E-state index is 0.292. The highest BCUT2D eigenvalue weighted by Crippen LogP contribution is 2.39. The van der Waals surface area contributed by atoms with Gasteiger partial charge in [-0.1, -0.05) is 18.2 Å². The first kappa shape index (κ1) is 12.1. The molecule has 2 aromatic rings. The van der Waals surface area contributed by atoms with Gasteiger partial charge in [0.05, 0.1) is 6.61 Å². The molecule has 0 bridgehead atoms. The summed E-state index contributed by atoms with van der Waals surface area (Å²) in [7, 11) is 0. The molecule has 1 aromatic heterocycles. The van der Waals surface area contributed by atoms with Crippen LogP contribution in [0.1, 0.15) is 11.0 Å². The molecule has 0 amide bonds. The average Bonchev–Trinajstić information content (AvgIpc) is 2.92. The van der Waals surface area contributed by atoms with Crippen molar-refractivity contribution < 1.29 is 20.1 Å². The Labute approximate surface area is 108 Å². The molecule has 1 aliphatic heterocycles. The molecular weight excluding hydrogens is 252 g/mol. The lowest BCUT2D eigenvalue weighted by atomic mass is 10.1. The van der Waals surface area contributed by atoms with Crippen LogP contribution < -0.4 is 0 Å². The number of thiophene rings is 1. The van der Waals surface area contributed by atoms with E-state index in [1.165, 1.54) is 11.3 Å². The van der Waals surface area contributed by atoms with Crippen LogP contribution in [0.3, 0.4) is 0 Å². The Balaban J connectivity index is 1.95. The Morgan fingerprint density at radius 3 is 2.61 bits per heavy atom. The van der Waals surface area contributed by atoms with Crippen molar-refractivity contribution in [3.63, 3.8) is 0 Å². The molecule has 1 aliphatic rings. The van der Waals surface area contributed by atoms with E-state index < -0.39 is 24.4 Å². The summed E-state index contributed by atoms with van der Waals surface area (Å²) in [5, 5.41) is 29.9. The monoisotopic (exact) mass is 266 g/mol. The van der Waals surface area contributed by atoms with E-state index >= 15 is 0 Å². The van der Waals surface area contributed by atoms with Crippen LogP contribution >= 0.6 is 11.3 Å². The van der Waals surface area contributed by atoms with Gasteiger partial charge in [-0.2, -0.15) is 0 Å². The van der Waals surface area contributed by atoms with Gasteiger partial charge < -0.3 is 20.1 Å². The smallest absolute Gasteiger partial charge is 0.121 e. The fraction of sp³-hybridized carbons (Fsp3) is 0.385. The molecule has 4 nitrogen and oxygen atoms in total. The second kappa shape index (κ2) is 4.60. The average molecular weight is 266 g/mol. The van der Waals surface area contributed by atoms with Crippen LogP contribution in [0, 0.1) is 0 Å². The molecule has 0 spiro atoms. The number of aliphatic hydroxyl groups excluding tert-OH is 3.